The van der Waals surface area contributed by atoms with Crippen LogP contribution in [-0.2, 0) is 9.59 Å². The largest absolute Gasteiger partial charge is 0.353 e. The lowest BCUT2D eigenvalue weighted by molar-refractivity contribution is -0.131. The Bertz CT molecular complexity index is 450. The molecule has 1 aliphatic carbocycles. The summed E-state index contributed by atoms with van der Waals surface area (Å²) in [7, 11) is 0. The average molecular weight is 373 g/mol. The van der Waals surface area contributed by atoms with Crippen molar-refractivity contribution in [1.82, 2.24) is 20.4 Å². The van der Waals surface area contributed by atoms with E-state index in [1.165, 1.54) is 0 Å². The molecule has 2 atom stereocenters. The first-order valence-corrected chi connectivity index (χ1v) is 9.66. The Morgan fingerprint density at radius 3 is 2.48 bits per heavy atom. The molecule has 3 rings (SSSR count). The van der Waals surface area contributed by atoms with Crippen LogP contribution in [0.1, 0.15) is 45.4 Å². The number of nitrogens with zero attached hydrogens (tertiary/aromatic N) is 2. The van der Waals surface area contributed by atoms with Gasteiger partial charge in [-0.1, -0.05) is 12.8 Å². The molecular weight excluding hydrogens is 340 g/mol. The Labute approximate surface area is 157 Å². The first-order chi connectivity index (χ1) is 11.6. The lowest BCUT2D eigenvalue weighted by Gasteiger charge is -2.32. The summed E-state index contributed by atoms with van der Waals surface area (Å²) in [5, 5.41) is 6.42. The fourth-order valence-corrected chi connectivity index (χ4v) is 4.30. The molecule has 0 spiro atoms. The van der Waals surface area contributed by atoms with Crippen LogP contribution in [0.2, 0.25) is 0 Å². The van der Waals surface area contributed by atoms with Crippen LogP contribution in [0.15, 0.2) is 0 Å². The van der Waals surface area contributed by atoms with Gasteiger partial charge < -0.3 is 15.5 Å². The molecule has 2 saturated heterocycles. The lowest BCUT2D eigenvalue weighted by atomic mass is 10.1. The second kappa shape index (κ2) is 9.74. The maximum atomic E-state index is 12.5. The number of hydrogen-bond donors (Lipinski definition) is 2. The minimum atomic E-state index is -0.0659. The highest BCUT2D eigenvalue weighted by molar-refractivity contribution is 5.85. The van der Waals surface area contributed by atoms with Crippen LogP contribution >= 0.6 is 12.4 Å². The van der Waals surface area contributed by atoms with Crippen LogP contribution in [0.5, 0.6) is 0 Å². The second-order valence-electron chi connectivity index (χ2n) is 7.66. The van der Waals surface area contributed by atoms with Gasteiger partial charge in [0.1, 0.15) is 0 Å². The molecule has 2 amide bonds. The molecular formula is C18H33ClN4O2. The number of carbonyl (C=O) groups excluding carboxylic acids is 2. The van der Waals surface area contributed by atoms with Gasteiger partial charge in [-0.15, -0.1) is 12.4 Å². The molecule has 2 aliphatic heterocycles. The smallest absolute Gasteiger partial charge is 0.224 e. The summed E-state index contributed by atoms with van der Waals surface area (Å²) >= 11 is 0. The van der Waals surface area contributed by atoms with E-state index in [-0.39, 0.29) is 36.2 Å². The topological polar surface area (TPSA) is 64.7 Å². The number of carbonyl (C=O) groups is 2. The van der Waals surface area contributed by atoms with Crippen molar-refractivity contribution in [2.24, 2.45) is 5.92 Å². The standard InChI is InChI=1S/C18H32N4O2.ClH/c1-14(20-18(24)15-4-2-3-5-15)12-17(23)22-9-6-16(13-22)21-10-7-19-8-11-21;/h14-16,19H,2-13H2,1H3,(H,20,24);1H. The Hall–Kier alpha value is -0.850. The quantitative estimate of drug-likeness (QED) is 0.755. The Kier molecular flexibility index (Phi) is 7.97. The van der Waals surface area contributed by atoms with Crippen molar-refractivity contribution in [3.63, 3.8) is 0 Å². The van der Waals surface area contributed by atoms with E-state index in [0.717, 1.165) is 71.4 Å². The first kappa shape index (κ1) is 20.5. The molecule has 3 fully saturated rings. The van der Waals surface area contributed by atoms with E-state index in [2.05, 4.69) is 15.5 Å². The van der Waals surface area contributed by atoms with Crippen molar-refractivity contribution in [1.29, 1.82) is 0 Å². The number of nitrogens with one attached hydrogen (secondary N) is 2. The van der Waals surface area contributed by atoms with Crippen LogP contribution in [0.3, 0.4) is 0 Å². The molecule has 0 aromatic heterocycles. The predicted molar refractivity (Wildman–Crippen MR) is 101 cm³/mol. The van der Waals surface area contributed by atoms with Gasteiger partial charge in [-0.3, -0.25) is 14.5 Å². The van der Waals surface area contributed by atoms with Gasteiger partial charge in [0, 0.05) is 63.7 Å². The van der Waals surface area contributed by atoms with E-state index in [1.807, 2.05) is 11.8 Å². The molecule has 144 valence electrons. The molecule has 2 heterocycles. The SMILES string of the molecule is CC(CC(=O)N1CCC(N2CCNCC2)C1)NC(=O)C1CCCC1.Cl. The minimum absolute atomic E-state index is 0. The third-order valence-corrected chi connectivity index (χ3v) is 5.78. The number of halogens is 1. The minimum Gasteiger partial charge on any atom is -0.353 e. The van der Waals surface area contributed by atoms with Crippen molar-refractivity contribution >= 4 is 24.2 Å². The maximum Gasteiger partial charge on any atom is 0.224 e. The van der Waals surface area contributed by atoms with Crippen molar-refractivity contribution in [3.05, 3.63) is 0 Å². The van der Waals surface area contributed by atoms with Crippen LogP contribution < -0.4 is 10.6 Å². The van der Waals surface area contributed by atoms with Gasteiger partial charge in [0.2, 0.25) is 11.8 Å². The van der Waals surface area contributed by atoms with E-state index < -0.39 is 0 Å². The van der Waals surface area contributed by atoms with Crippen LogP contribution in [0.25, 0.3) is 0 Å². The van der Waals surface area contributed by atoms with Gasteiger partial charge in [-0.2, -0.15) is 0 Å². The van der Waals surface area contributed by atoms with Gasteiger partial charge in [0.25, 0.3) is 0 Å². The number of amides is 2. The molecule has 2 unspecified atom stereocenters. The van der Waals surface area contributed by atoms with Crippen LogP contribution in [-0.4, -0.2) is 73.0 Å². The second-order valence-corrected chi connectivity index (χ2v) is 7.66. The van der Waals surface area contributed by atoms with Gasteiger partial charge in [-0.05, 0) is 26.2 Å². The molecule has 0 radical (unpaired) electrons. The van der Waals surface area contributed by atoms with Crippen molar-refractivity contribution in [2.45, 2.75) is 57.5 Å². The number of piperazine rings is 1. The summed E-state index contributed by atoms with van der Waals surface area (Å²) in [5.74, 6) is 0.506. The third kappa shape index (κ3) is 5.56. The number of rotatable bonds is 5. The van der Waals surface area contributed by atoms with E-state index in [4.69, 9.17) is 0 Å². The van der Waals surface area contributed by atoms with Gasteiger partial charge >= 0.3 is 0 Å². The highest BCUT2D eigenvalue weighted by Gasteiger charge is 2.31. The summed E-state index contributed by atoms with van der Waals surface area (Å²) in [5.41, 5.74) is 0. The lowest BCUT2D eigenvalue weighted by Crippen LogP contribution is -2.49. The van der Waals surface area contributed by atoms with E-state index >= 15 is 0 Å². The fraction of sp³-hybridized carbons (Fsp3) is 0.889. The fourth-order valence-electron chi connectivity index (χ4n) is 4.30. The predicted octanol–water partition coefficient (Wildman–Crippen LogP) is 0.999. The monoisotopic (exact) mass is 372 g/mol. The zero-order chi connectivity index (χ0) is 16.9. The van der Waals surface area contributed by atoms with Crippen molar-refractivity contribution in [3.8, 4) is 0 Å². The Morgan fingerprint density at radius 2 is 1.80 bits per heavy atom. The zero-order valence-electron chi connectivity index (χ0n) is 15.3. The highest BCUT2D eigenvalue weighted by Crippen LogP contribution is 2.25. The molecule has 6 nitrogen and oxygen atoms in total. The summed E-state index contributed by atoms with van der Waals surface area (Å²) < 4.78 is 0. The van der Waals surface area contributed by atoms with Gasteiger partial charge in [-0.25, -0.2) is 0 Å². The number of likely N-dealkylation sites (tertiary alicyclic amines) is 1. The molecule has 3 aliphatic rings. The van der Waals surface area contributed by atoms with Gasteiger partial charge in [0.05, 0.1) is 0 Å². The van der Waals surface area contributed by atoms with Crippen LogP contribution in [0, 0.1) is 5.92 Å². The molecule has 2 N–H and O–H groups in total. The normalized spacial score (nSPS) is 26.3. The van der Waals surface area contributed by atoms with Crippen molar-refractivity contribution in [2.75, 3.05) is 39.3 Å². The molecule has 1 saturated carbocycles. The van der Waals surface area contributed by atoms with Gasteiger partial charge in [0.15, 0.2) is 0 Å². The zero-order valence-corrected chi connectivity index (χ0v) is 16.2. The van der Waals surface area contributed by atoms with Crippen molar-refractivity contribution < 1.29 is 9.59 Å². The molecule has 0 bridgehead atoms. The summed E-state index contributed by atoms with van der Waals surface area (Å²) in [6.07, 6.45) is 5.83. The molecule has 7 heteroatoms. The summed E-state index contributed by atoms with van der Waals surface area (Å²) in [6, 6.07) is 0.447. The van der Waals surface area contributed by atoms with E-state index in [0.29, 0.717) is 12.5 Å². The maximum absolute atomic E-state index is 12.5. The molecule has 0 aromatic carbocycles. The first-order valence-electron chi connectivity index (χ1n) is 9.66. The third-order valence-electron chi connectivity index (χ3n) is 5.78. The number of hydrogen-bond acceptors (Lipinski definition) is 4. The Morgan fingerprint density at radius 1 is 1.12 bits per heavy atom. The van der Waals surface area contributed by atoms with Crippen LogP contribution in [0.4, 0.5) is 0 Å². The Balaban J connectivity index is 0.00000225. The average Bonchev–Trinajstić information content (AvgIpc) is 3.27. The highest BCUT2D eigenvalue weighted by atomic mass is 35.5. The summed E-state index contributed by atoms with van der Waals surface area (Å²) in [6.45, 7) is 7.93. The van der Waals surface area contributed by atoms with E-state index in [9.17, 15) is 9.59 Å². The molecule has 25 heavy (non-hydrogen) atoms. The summed E-state index contributed by atoms with van der Waals surface area (Å²) in [4.78, 5) is 29.2. The molecule has 0 aromatic rings. The van der Waals surface area contributed by atoms with E-state index in [1.54, 1.807) is 0 Å².